The zero-order valence-corrected chi connectivity index (χ0v) is 11.8. The molecule has 0 aliphatic heterocycles. The number of esters is 1. The van der Waals surface area contributed by atoms with Crippen molar-refractivity contribution in [3.63, 3.8) is 0 Å². The minimum absolute atomic E-state index is 0.229. The van der Waals surface area contributed by atoms with Gasteiger partial charge in [-0.1, -0.05) is 11.6 Å². The Labute approximate surface area is 128 Å². The van der Waals surface area contributed by atoms with E-state index >= 15 is 0 Å². The summed E-state index contributed by atoms with van der Waals surface area (Å²) < 4.78 is 30.4. The van der Waals surface area contributed by atoms with Gasteiger partial charge in [0.2, 0.25) is 0 Å². The van der Waals surface area contributed by atoms with Crippen molar-refractivity contribution in [1.29, 1.82) is 0 Å². The third-order valence-electron chi connectivity index (χ3n) is 2.97. The Morgan fingerprint density at radius 2 is 1.91 bits per heavy atom. The van der Waals surface area contributed by atoms with Crippen molar-refractivity contribution in [2.45, 2.75) is 6.43 Å². The fraction of sp³-hybridized carbons (Fsp3) is 0.0667. The topological polar surface area (TPSA) is 55.0 Å². The predicted molar refractivity (Wildman–Crippen MR) is 77.5 cm³/mol. The number of H-pyrrole nitrogens is 1. The highest BCUT2D eigenvalue weighted by atomic mass is 35.5. The van der Waals surface area contributed by atoms with Crippen LogP contribution in [0.3, 0.4) is 0 Å². The molecule has 1 heterocycles. The van der Waals surface area contributed by atoms with Gasteiger partial charge in [-0.25, -0.2) is 18.6 Å². The lowest BCUT2D eigenvalue weighted by Gasteiger charge is -2.04. The van der Waals surface area contributed by atoms with Gasteiger partial charge in [0.1, 0.15) is 5.75 Å². The summed E-state index contributed by atoms with van der Waals surface area (Å²) >= 11 is 5.75. The molecule has 3 rings (SSSR count). The van der Waals surface area contributed by atoms with E-state index in [0.29, 0.717) is 21.8 Å². The largest absolute Gasteiger partial charge is 0.423 e. The summed E-state index contributed by atoms with van der Waals surface area (Å²) in [7, 11) is 0. The fourth-order valence-electron chi connectivity index (χ4n) is 1.93. The Morgan fingerprint density at radius 1 is 1.18 bits per heavy atom. The first-order valence-corrected chi connectivity index (χ1v) is 6.66. The van der Waals surface area contributed by atoms with Crippen molar-refractivity contribution in [1.82, 2.24) is 9.97 Å². The van der Waals surface area contributed by atoms with Gasteiger partial charge in [-0.05, 0) is 42.5 Å². The molecule has 0 aliphatic rings. The van der Waals surface area contributed by atoms with Gasteiger partial charge in [-0.2, -0.15) is 0 Å². The summed E-state index contributed by atoms with van der Waals surface area (Å²) in [5.41, 5.74) is 0.936. The number of hydrogen-bond donors (Lipinski definition) is 1. The van der Waals surface area contributed by atoms with E-state index < -0.39 is 18.2 Å². The molecule has 1 N–H and O–H groups in total. The lowest BCUT2D eigenvalue weighted by atomic mass is 10.2. The van der Waals surface area contributed by atoms with E-state index in [1.165, 1.54) is 18.2 Å². The van der Waals surface area contributed by atoms with Gasteiger partial charge in [0.15, 0.2) is 5.82 Å². The number of halogens is 3. The van der Waals surface area contributed by atoms with Crippen molar-refractivity contribution in [3.8, 4) is 5.75 Å². The third kappa shape index (κ3) is 2.92. The molecule has 0 bridgehead atoms. The zero-order valence-electron chi connectivity index (χ0n) is 11.0. The molecule has 1 aromatic heterocycles. The monoisotopic (exact) mass is 322 g/mol. The smallest absolute Gasteiger partial charge is 0.343 e. The number of aromatic nitrogens is 2. The van der Waals surface area contributed by atoms with Crippen LogP contribution in [0.25, 0.3) is 11.0 Å². The Morgan fingerprint density at radius 3 is 2.59 bits per heavy atom. The molecule has 0 spiro atoms. The molecule has 0 saturated carbocycles. The van der Waals surface area contributed by atoms with Crippen LogP contribution in [0.1, 0.15) is 22.6 Å². The number of imidazole rings is 1. The molecule has 112 valence electrons. The van der Waals surface area contributed by atoms with E-state index in [1.54, 1.807) is 24.3 Å². The number of fused-ring (bicyclic) bond motifs is 1. The van der Waals surface area contributed by atoms with E-state index in [0.717, 1.165) is 0 Å². The SMILES string of the molecule is O=C(Oc1ccc(Cl)cc1)c1ccc2nc(C(F)F)[nH]c2c1. The van der Waals surface area contributed by atoms with E-state index in [1.807, 2.05) is 0 Å². The van der Waals surface area contributed by atoms with Crippen LogP contribution < -0.4 is 4.74 Å². The molecule has 0 atom stereocenters. The molecule has 3 aromatic rings. The maximum Gasteiger partial charge on any atom is 0.343 e. The average molecular weight is 323 g/mol. The Bertz CT molecular complexity index is 831. The first-order valence-electron chi connectivity index (χ1n) is 6.28. The molecular formula is C15H9ClF2N2O2. The number of nitrogens with zero attached hydrogens (tertiary/aromatic N) is 1. The van der Waals surface area contributed by atoms with Crippen LogP contribution in [0.2, 0.25) is 5.02 Å². The van der Waals surface area contributed by atoms with Crippen LogP contribution >= 0.6 is 11.6 Å². The number of rotatable bonds is 3. The maximum atomic E-state index is 12.6. The number of benzene rings is 2. The molecule has 4 nitrogen and oxygen atoms in total. The number of carbonyl (C=O) groups is 1. The van der Waals surface area contributed by atoms with Crippen molar-refractivity contribution in [2.75, 3.05) is 0 Å². The average Bonchev–Trinajstić information content (AvgIpc) is 2.93. The second-order valence-electron chi connectivity index (χ2n) is 4.50. The van der Waals surface area contributed by atoms with Crippen LogP contribution in [0, 0.1) is 0 Å². The highest BCUT2D eigenvalue weighted by Crippen LogP contribution is 2.22. The molecule has 0 saturated heterocycles. The first-order chi connectivity index (χ1) is 10.5. The minimum atomic E-state index is -2.70. The quantitative estimate of drug-likeness (QED) is 0.575. The third-order valence-corrected chi connectivity index (χ3v) is 3.22. The highest BCUT2D eigenvalue weighted by Gasteiger charge is 2.15. The summed E-state index contributed by atoms with van der Waals surface area (Å²) in [6, 6.07) is 10.7. The number of ether oxygens (including phenoxy) is 1. The van der Waals surface area contributed by atoms with Crippen molar-refractivity contribution >= 4 is 28.6 Å². The lowest BCUT2D eigenvalue weighted by molar-refractivity contribution is 0.0735. The van der Waals surface area contributed by atoms with Gasteiger partial charge in [0.05, 0.1) is 16.6 Å². The Kier molecular flexibility index (Phi) is 3.77. The van der Waals surface area contributed by atoms with Crippen molar-refractivity contribution in [3.05, 3.63) is 58.9 Å². The molecule has 0 fully saturated rings. The van der Waals surface area contributed by atoms with Crippen LogP contribution in [-0.4, -0.2) is 15.9 Å². The van der Waals surface area contributed by atoms with Gasteiger partial charge in [0.25, 0.3) is 6.43 Å². The molecule has 0 radical (unpaired) electrons. The summed E-state index contributed by atoms with van der Waals surface area (Å²) in [5, 5.41) is 0.526. The van der Waals surface area contributed by atoms with Gasteiger partial charge >= 0.3 is 5.97 Å². The first kappa shape index (κ1) is 14.5. The normalized spacial score (nSPS) is 11.1. The minimum Gasteiger partial charge on any atom is -0.423 e. The second-order valence-corrected chi connectivity index (χ2v) is 4.93. The second kappa shape index (κ2) is 5.73. The molecule has 0 amide bonds. The zero-order chi connectivity index (χ0) is 15.7. The van der Waals surface area contributed by atoms with Crippen LogP contribution in [0.15, 0.2) is 42.5 Å². The molecule has 0 unspecified atom stereocenters. The molecule has 22 heavy (non-hydrogen) atoms. The van der Waals surface area contributed by atoms with E-state index in [4.69, 9.17) is 16.3 Å². The summed E-state index contributed by atoms with van der Waals surface area (Å²) in [5.74, 6) is -0.692. The van der Waals surface area contributed by atoms with Gasteiger partial charge in [0, 0.05) is 5.02 Å². The lowest BCUT2D eigenvalue weighted by Crippen LogP contribution is -2.08. The highest BCUT2D eigenvalue weighted by molar-refractivity contribution is 6.30. The number of hydrogen-bond acceptors (Lipinski definition) is 3. The van der Waals surface area contributed by atoms with Crippen molar-refractivity contribution < 1.29 is 18.3 Å². The molecule has 2 aromatic carbocycles. The number of carbonyl (C=O) groups excluding carboxylic acids is 1. The number of nitrogens with one attached hydrogen (secondary N) is 1. The number of aromatic amines is 1. The summed E-state index contributed by atoms with van der Waals surface area (Å²) in [6.45, 7) is 0. The Balaban J connectivity index is 1.85. The standard InChI is InChI=1S/C15H9ClF2N2O2/c16-9-2-4-10(5-3-9)22-15(21)8-1-6-11-12(7-8)20-14(19-11)13(17)18/h1-7,13H,(H,19,20). The predicted octanol–water partition coefficient (Wildman–Crippen LogP) is 4.37. The maximum absolute atomic E-state index is 12.6. The molecule has 0 aliphatic carbocycles. The summed E-state index contributed by atoms with van der Waals surface area (Å²) in [6.07, 6.45) is -2.70. The van der Waals surface area contributed by atoms with E-state index in [2.05, 4.69) is 9.97 Å². The number of alkyl halides is 2. The molecule has 7 heteroatoms. The fourth-order valence-corrected chi connectivity index (χ4v) is 2.05. The van der Waals surface area contributed by atoms with Crippen LogP contribution in [-0.2, 0) is 0 Å². The van der Waals surface area contributed by atoms with E-state index in [9.17, 15) is 13.6 Å². The van der Waals surface area contributed by atoms with Gasteiger partial charge < -0.3 is 9.72 Å². The Hall–Kier alpha value is -2.47. The molecular weight excluding hydrogens is 314 g/mol. The van der Waals surface area contributed by atoms with Gasteiger partial charge in [-0.15, -0.1) is 0 Å². The van der Waals surface area contributed by atoms with Crippen LogP contribution in [0.4, 0.5) is 8.78 Å². The van der Waals surface area contributed by atoms with E-state index in [-0.39, 0.29) is 5.56 Å². The summed E-state index contributed by atoms with van der Waals surface area (Å²) in [4.78, 5) is 18.3. The van der Waals surface area contributed by atoms with Crippen molar-refractivity contribution in [2.24, 2.45) is 0 Å². The van der Waals surface area contributed by atoms with Gasteiger partial charge in [-0.3, -0.25) is 0 Å². The van der Waals surface area contributed by atoms with Crippen LogP contribution in [0.5, 0.6) is 5.75 Å².